The molecule has 0 spiro atoms. The Morgan fingerprint density at radius 2 is 1.26 bits per heavy atom. The zero-order valence-corrected chi connectivity index (χ0v) is 18.0. The molecule has 0 saturated heterocycles. The largest absolute Gasteiger partial charge is 0.501 e. The molecule has 0 bridgehead atoms. The fraction of sp³-hybridized carbons (Fsp3) is 1.00. The van der Waals surface area contributed by atoms with Gasteiger partial charge in [0.25, 0.3) is 0 Å². The molecule has 0 N–H and O–H groups in total. The lowest BCUT2D eigenvalue weighted by Gasteiger charge is -2.39. The van der Waals surface area contributed by atoms with Crippen LogP contribution in [0, 0.1) is 0 Å². The normalized spacial score (nSPS) is 13.3. The Balaban J connectivity index is 4.55. The third kappa shape index (κ3) is 11.3. The van der Waals surface area contributed by atoms with Crippen LogP contribution in [0.15, 0.2) is 0 Å². The molecular formula is C19H42O3Si. The monoisotopic (exact) mass is 346 g/mol. The molecule has 140 valence electrons. The summed E-state index contributed by atoms with van der Waals surface area (Å²) < 4.78 is 18.9. The van der Waals surface area contributed by atoms with Crippen molar-refractivity contribution >= 4 is 8.80 Å². The maximum atomic E-state index is 6.52. The van der Waals surface area contributed by atoms with Crippen molar-refractivity contribution in [2.75, 3.05) is 0 Å². The zero-order chi connectivity index (χ0) is 17.9. The van der Waals surface area contributed by atoms with Crippen LogP contribution >= 0.6 is 0 Å². The lowest BCUT2D eigenvalue weighted by atomic mass is 10.00. The molecule has 4 heteroatoms. The van der Waals surface area contributed by atoms with Crippen molar-refractivity contribution in [1.29, 1.82) is 0 Å². The topological polar surface area (TPSA) is 27.7 Å². The summed E-state index contributed by atoms with van der Waals surface area (Å²) in [7, 11) is -2.61. The second-order valence-electron chi connectivity index (χ2n) is 7.75. The second-order valence-corrected chi connectivity index (χ2v) is 10.5. The first-order chi connectivity index (χ1) is 10.7. The fourth-order valence-corrected chi connectivity index (χ4v) is 5.85. The second kappa shape index (κ2) is 11.6. The van der Waals surface area contributed by atoms with E-state index in [0.29, 0.717) is 0 Å². The third-order valence-corrected chi connectivity index (χ3v) is 7.22. The number of hydrogen-bond donors (Lipinski definition) is 0. The average Bonchev–Trinajstić information content (AvgIpc) is 2.40. The Morgan fingerprint density at radius 1 is 0.783 bits per heavy atom. The van der Waals surface area contributed by atoms with Crippen molar-refractivity contribution in [1.82, 2.24) is 0 Å². The number of hydrogen-bond acceptors (Lipinski definition) is 3. The summed E-state index contributed by atoms with van der Waals surface area (Å²) in [6.45, 7) is 17.0. The summed E-state index contributed by atoms with van der Waals surface area (Å²) in [6.07, 6.45) is 9.20. The van der Waals surface area contributed by atoms with E-state index in [1.165, 1.54) is 38.5 Å². The van der Waals surface area contributed by atoms with E-state index in [1.807, 2.05) is 0 Å². The highest BCUT2D eigenvalue weighted by atomic mass is 28.4. The number of unbranched alkanes of at least 4 members (excludes halogenated alkanes) is 5. The van der Waals surface area contributed by atoms with E-state index in [1.54, 1.807) is 0 Å². The van der Waals surface area contributed by atoms with Crippen LogP contribution in [-0.2, 0) is 13.3 Å². The lowest BCUT2D eigenvalue weighted by Crippen LogP contribution is -2.53. The van der Waals surface area contributed by atoms with Crippen LogP contribution < -0.4 is 0 Å². The van der Waals surface area contributed by atoms with Gasteiger partial charge in [0.05, 0.1) is 5.60 Å². The highest BCUT2D eigenvalue weighted by molar-refractivity contribution is 6.60. The van der Waals surface area contributed by atoms with Gasteiger partial charge in [-0.3, -0.25) is 0 Å². The zero-order valence-electron chi connectivity index (χ0n) is 17.0. The predicted molar refractivity (Wildman–Crippen MR) is 102 cm³/mol. The van der Waals surface area contributed by atoms with E-state index in [9.17, 15) is 0 Å². The Bertz CT molecular complexity index is 280. The molecule has 0 atom stereocenters. The highest BCUT2D eigenvalue weighted by Crippen LogP contribution is 2.29. The first-order valence-electron chi connectivity index (χ1n) is 9.72. The van der Waals surface area contributed by atoms with Crippen molar-refractivity contribution < 1.29 is 13.3 Å². The van der Waals surface area contributed by atoms with Gasteiger partial charge in [-0.15, -0.1) is 0 Å². The van der Waals surface area contributed by atoms with Gasteiger partial charge in [0.2, 0.25) is 0 Å². The molecular weight excluding hydrogens is 304 g/mol. The Hall–Kier alpha value is 0.0969. The summed E-state index contributed by atoms with van der Waals surface area (Å²) in [5.41, 5.74) is -0.184. The van der Waals surface area contributed by atoms with Crippen LogP contribution in [0.1, 0.15) is 100 Å². The third-order valence-electron chi connectivity index (χ3n) is 3.83. The Kier molecular flexibility index (Phi) is 11.7. The molecule has 0 aliphatic carbocycles. The smallest absolute Gasteiger partial charge is 0.371 e. The van der Waals surface area contributed by atoms with Crippen LogP contribution in [0.3, 0.4) is 0 Å². The molecule has 0 fully saturated rings. The molecule has 23 heavy (non-hydrogen) atoms. The first-order valence-corrected chi connectivity index (χ1v) is 11.7. The van der Waals surface area contributed by atoms with Crippen LogP contribution in [0.2, 0.25) is 6.04 Å². The van der Waals surface area contributed by atoms with E-state index in [0.717, 1.165) is 12.5 Å². The molecule has 0 radical (unpaired) electrons. The standard InChI is InChI=1S/C19H42O3Si/c1-9-11-12-13-14-15-16-19(7,8)22-23(10-2,20-17(3)4)21-18(5)6/h17-18H,9-16H2,1-8H3. The number of rotatable bonds is 14. The van der Waals surface area contributed by atoms with Gasteiger partial charge >= 0.3 is 8.80 Å². The van der Waals surface area contributed by atoms with Crippen molar-refractivity contribution in [3.63, 3.8) is 0 Å². The molecule has 0 aromatic heterocycles. The summed E-state index contributed by atoms with van der Waals surface area (Å²) in [4.78, 5) is 0. The van der Waals surface area contributed by atoms with E-state index in [2.05, 4.69) is 55.4 Å². The summed E-state index contributed by atoms with van der Waals surface area (Å²) >= 11 is 0. The molecule has 0 unspecified atom stereocenters. The maximum Gasteiger partial charge on any atom is 0.501 e. The van der Waals surface area contributed by atoms with Crippen molar-refractivity contribution in [2.45, 2.75) is 124 Å². The van der Waals surface area contributed by atoms with Crippen molar-refractivity contribution in [3.05, 3.63) is 0 Å². The van der Waals surface area contributed by atoms with Crippen LogP contribution in [0.5, 0.6) is 0 Å². The van der Waals surface area contributed by atoms with Gasteiger partial charge in [-0.1, -0.05) is 52.4 Å². The molecule has 0 aliphatic heterocycles. The van der Waals surface area contributed by atoms with Crippen LogP contribution in [0.4, 0.5) is 0 Å². The van der Waals surface area contributed by atoms with E-state index >= 15 is 0 Å². The van der Waals surface area contributed by atoms with E-state index in [4.69, 9.17) is 13.3 Å². The van der Waals surface area contributed by atoms with Gasteiger partial charge in [0.15, 0.2) is 0 Å². The molecule has 0 rings (SSSR count). The predicted octanol–water partition coefficient (Wildman–Crippen LogP) is 6.34. The van der Waals surface area contributed by atoms with Gasteiger partial charge in [-0.2, -0.15) is 0 Å². The van der Waals surface area contributed by atoms with Crippen LogP contribution in [-0.4, -0.2) is 26.6 Å². The molecule has 0 aromatic carbocycles. The Morgan fingerprint density at radius 3 is 1.70 bits per heavy atom. The van der Waals surface area contributed by atoms with Crippen molar-refractivity contribution in [3.8, 4) is 0 Å². The quantitative estimate of drug-likeness (QED) is 0.271. The van der Waals surface area contributed by atoms with Crippen LogP contribution in [0.25, 0.3) is 0 Å². The molecule has 0 aromatic rings. The van der Waals surface area contributed by atoms with Gasteiger partial charge in [0.1, 0.15) is 0 Å². The molecule has 0 amide bonds. The molecule has 0 saturated carbocycles. The highest BCUT2D eigenvalue weighted by Gasteiger charge is 2.45. The minimum Gasteiger partial charge on any atom is -0.371 e. The SMILES string of the molecule is CCCCCCCCC(C)(C)O[Si](CC)(OC(C)C)OC(C)C. The van der Waals surface area contributed by atoms with Gasteiger partial charge in [-0.05, 0) is 48.0 Å². The summed E-state index contributed by atoms with van der Waals surface area (Å²) in [5.74, 6) is 0. The Labute approximate surface area is 146 Å². The molecule has 0 aliphatic rings. The minimum atomic E-state index is -2.61. The first kappa shape index (κ1) is 23.1. The molecule has 3 nitrogen and oxygen atoms in total. The maximum absolute atomic E-state index is 6.52. The lowest BCUT2D eigenvalue weighted by molar-refractivity contribution is -0.0402. The van der Waals surface area contributed by atoms with Gasteiger partial charge < -0.3 is 13.3 Å². The van der Waals surface area contributed by atoms with E-state index < -0.39 is 8.80 Å². The average molecular weight is 347 g/mol. The molecule has 0 heterocycles. The van der Waals surface area contributed by atoms with Gasteiger partial charge in [-0.25, -0.2) is 0 Å². The minimum absolute atomic E-state index is 0.130. The van der Waals surface area contributed by atoms with Crippen molar-refractivity contribution in [2.24, 2.45) is 0 Å². The summed E-state index contributed by atoms with van der Waals surface area (Å²) in [5, 5.41) is 0. The fourth-order valence-electron chi connectivity index (χ4n) is 2.84. The van der Waals surface area contributed by atoms with Gasteiger partial charge in [0, 0.05) is 18.3 Å². The van der Waals surface area contributed by atoms with E-state index in [-0.39, 0.29) is 17.8 Å². The summed E-state index contributed by atoms with van der Waals surface area (Å²) in [6, 6.07) is 0.823.